The molecule has 1 aromatic heterocycles. The summed E-state index contributed by atoms with van der Waals surface area (Å²) >= 11 is 3.54. The Hall–Kier alpha value is -2.57. The van der Waals surface area contributed by atoms with Crippen molar-refractivity contribution in [3.8, 4) is 0 Å². The van der Waals surface area contributed by atoms with Gasteiger partial charge in [0.05, 0.1) is 17.7 Å². The first-order valence-corrected chi connectivity index (χ1v) is 14.0. The molecule has 0 unspecified atom stereocenters. The van der Waals surface area contributed by atoms with E-state index in [2.05, 4.69) is 91.9 Å². The van der Waals surface area contributed by atoms with Crippen molar-refractivity contribution in [2.24, 2.45) is 0 Å². The summed E-state index contributed by atoms with van der Waals surface area (Å²) < 4.78 is 12.3. The monoisotopic (exact) mass is 513 g/mol. The van der Waals surface area contributed by atoms with Crippen LogP contribution < -0.4 is 0 Å². The molecule has 1 fully saturated rings. The summed E-state index contributed by atoms with van der Waals surface area (Å²) in [4.78, 5) is 9.68. The number of nitrogens with zero attached hydrogens (tertiary/aromatic N) is 1. The molecule has 0 amide bonds. The highest BCUT2D eigenvalue weighted by molar-refractivity contribution is 7.99. The van der Waals surface area contributed by atoms with Gasteiger partial charge in [-0.05, 0) is 56.7 Å². The molecule has 0 N–H and O–H groups in total. The van der Waals surface area contributed by atoms with Gasteiger partial charge in [-0.2, -0.15) is 0 Å². The largest absolute Gasteiger partial charge is 0.347 e. The van der Waals surface area contributed by atoms with Crippen LogP contribution in [0.5, 0.6) is 0 Å². The van der Waals surface area contributed by atoms with Crippen LogP contribution in [0.1, 0.15) is 39.2 Å². The lowest BCUT2D eigenvalue weighted by molar-refractivity contribution is -0.290. The van der Waals surface area contributed by atoms with Crippen LogP contribution >= 0.6 is 23.5 Å². The van der Waals surface area contributed by atoms with E-state index in [1.54, 1.807) is 23.5 Å². The predicted molar refractivity (Wildman–Crippen MR) is 151 cm³/mol. The van der Waals surface area contributed by atoms with E-state index in [1.165, 1.54) is 19.6 Å². The Bertz CT molecular complexity index is 1340. The van der Waals surface area contributed by atoms with E-state index in [0.29, 0.717) is 0 Å². The maximum atomic E-state index is 6.21. The van der Waals surface area contributed by atoms with Gasteiger partial charge in [0, 0.05) is 43.1 Å². The standard InChI is InChI=1S/C31H31NO2S2/c1-4-23-19-24(34-31(2,3)33-23)16-15-22-21-32-29-20-27(35-25-11-7-5-8-12-25)17-18-28(29)30(22)36-26-13-9-6-10-14-26/h5-18,20-21,23-24H,4,19H2,1-3H3/b16-15+/t23-,24+/m0/s1. The number of benzene rings is 3. The molecule has 2 heterocycles. The van der Waals surface area contributed by atoms with E-state index in [1.807, 2.05) is 26.1 Å². The summed E-state index contributed by atoms with van der Waals surface area (Å²) in [5.41, 5.74) is 2.10. The van der Waals surface area contributed by atoms with Gasteiger partial charge in [0.25, 0.3) is 0 Å². The average Bonchev–Trinajstić information content (AvgIpc) is 2.88. The number of pyridine rings is 1. The molecule has 0 radical (unpaired) electrons. The summed E-state index contributed by atoms with van der Waals surface area (Å²) in [6.07, 6.45) is 8.38. The van der Waals surface area contributed by atoms with Crippen molar-refractivity contribution in [3.05, 3.63) is 96.7 Å². The highest BCUT2D eigenvalue weighted by Crippen LogP contribution is 2.39. The van der Waals surface area contributed by atoms with Crippen molar-refractivity contribution in [2.75, 3.05) is 0 Å². The molecule has 4 aromatic rings. The smallest absolute Gasteiger partial charge is 0.163 e. The fraction of sp³-hybridized carbons (Fsp3) is 0.258. The first kappa shape index (κ1) is 25.1. The van der Waals surface area contributed by atoms with Crippen molar-refractivity contribution in [3.63, 3.8) is 0 Å². The first-order chi connectivity index (χ1) is 17.5. The van der Waals surface area contributed by atoms with E-state index in [9.17, 15) is 0 Å². The number of ether oxygens (including phenoxy) is 2. The van der Waals surface area contributed by atoms with Gasteiger partial charge in [-0.25, -0.2) is 0 Å². The van der Waals surface area contributed by atoms with Gasteiger partial charge < -0.3 is 9.47 Å². The molecule has 5 heteroatoms. The fourth-order valence-electron chi connectivity index (χ4n) is 4.42. The highest BCUT2D eigenvalue weighted by atomic mass is 32.2. The van der Waals surface area contributed by atoms with E-state index in [4.69, 9.17) is 14.5 Å². The van der Waals surface area contributed by atoms with Crippen LogP contribution in [0.4, 0.5) is 0 Å². The van der Waals surface area contributed by atoms with Crippen molar-refractivity contribution in [2.45, 2.75) is 71.2 Å². The molecule has 1 aliphatic heterocycles. The minimum absolute atomic E-state index is 0.00798. The molecule has 0 spiro atoms. The van der Waals surface area contributed by atoms with Crippen LogP contribution in [0.25, 0.3) is 17.0 Å². The third-order valence-electron chi connectivity index (χ3n) is 6.09. The molecular formula is C31H31NO2S2. The van der Waals surface area contributed by atoms with Crippen molar-refractivity contribution >= 4 is 40.5 Å². The van der Waals surface area contributed by atoms with Gasteiger partial charge in [-0.1, -0.05) is 85.1 Å². The highest BCUT2D eigenvalue weighted by Gasteiger charge is 2.33. The molecule has 3 aromatic carbocycles. The minimum Gasteiger partial charge on any atom is -0.347 e. The molecule has 184 valence electrons. The predicted octanol–water partition coefficient (Wildman–Crippen LogP) is 8.87. The van der Waals surface area contributed by atoms with E-state index < -0.39 is 5.79 Å². The lowest BCUT2D eigenvalue weighted by atomic mass is 10.0. The molecule has 0 aliphatic carbocycles. The quantitative estimate of drug-likeness (QED) is 0.246. The molecule has 0 saturated carbocycles. The summed E-state index contributed by atoms with van der Waals surface area (Å²) in [6.45, 7) is 6.16. The molecule has 0 bridgehead atoms. The third kappa shape index (κ3) is 6.22. The fourth-order valence-corrected chi connectivity index (χ4v) is 6.34. The van der Waals surface area contributed by atoms with Crippen LogP contribution in [0.3, 0.4) is 0 Å². The van der Waals surface area contributed by atoms with Crippen molar-refractivity contribution in [1.29, 1.82) is 0 Å². The van der Waals surface area contributed by atoms with Gasteiger partial charge in [-0.15, -0.1) is 0 Å². The molecule has 1 saturated heterocycles. The zero-order valence-electron chi connectivity index (χ0n) is 20.9. The number of hydrogen-bond acceptors (Lipinski definition) is 5. The Kier molecular flexibility index (Phi) is 7.82. The average molecular weight is 514 g/mol. The topological polar surface area (TPSA) is 31.4 Å². The molecule has 2 atom stereocenters. The number of aromatic nitrogens is 1. The van der Waals surface area contributed by atoms with Gasteiger partial charge in [0.1, 0.15) is 0 Å². The molecule has 3 nitrogen and oxygen atoms in total. The minimum atomic E-state index is -0.579. The van der Waals surface area contributed by atoms with Crippen LogP contribution in [-0.4, -0.2) is 23.0 Å². The summed E-state index contributed by atoms with van der Waals surface area (Å²) in [5.74, 6) is -0.579. The second kappa shape index (κ2) is 11.2. The molecule has 36 heavy (non-hydrogen) atoms. The van der Waals surface area contributed by atoms with E-state index in [0.717, 1.165) is 29.3 Å². The maximum Gasteiger partial charge on any atom is 0.163 e. The normalized spacial score (nSPS) is 19.6. The van der Waals surface area contributed by atoms with Gasteiger partial charge in [0.15, 0.2) is 5.79 Å². The van der Waals surface area contributed by atoms with E-state index in [-0.39, 0.29) is 12.2 Å². The third-order valence-corrected chi connectivity index (χ3v) is 8.25. The second-order valence-corrected chi connectivity index (χ2v) is 11.6. The van der Waals surface area contributed by atoms with Crippen LogP contribution in [0.15, 0.2) is 111 Å². The summed E-state index contributed by atoms with van der Waals surface area (Å²) in [6, 6.07) is 27.6. The van der Waals surface area contributed by atoms with Crippen molar-refractivity contribution in [1.82, 2.24) is 4.98 Å². The van der Waals surface area contributed by atoms with Crippen LogP contribution in [-0.2, 0) is 9.47 Å². The Morgan fingerprint density at radius 1 is 0.889 bits per heavy atom. The molecule has 1 aliphatic rings. The number of fused-ring (bicyclic) bond motifs is 1. The number of hydrogen-bond donors (Lipinski definition) is 0. The van der Waals surface area contributed by atoms with Gasteiger partial charge in [0.2, 0.25) is 0 Å². The Morgan fingerprint density at radius 2 is 1.58 bits per heavy atom. The van der Waals surface area contributed by atoms with Crippen molar-refractivity contribution < 1.29 is 9.47 Å². The maximum absolute atomic E-state index is 6.21. The van der Waals surface area contributed by atoms with Crippen LogP contribution in [0, 0.1) is 0 Å². The molecule has 5 rings (SSSR count). The summed E-state index contributed by atoms with van der Waals surface area (Å²) in [7, 11) is 0. The lowest BCUT2D eigenvalue weighted by Gasteiger charge is -2.39. The van der Waals surface area contributed by atoms with E-state index >= 15 is 0 Å². The molecular weight excluding hydrogens is 482 g/mol. The lowest BCUT2D eigenvalue weighted by Crippen LogP contribution is -2.43. The van der Waals surface area contributed by atoms with Gasteiger partial charge >= 0.3 is 0 Å². The summed E-state index contributed by atoms with van der Waals surface area (Å²) in [5, 5.41) is 1.16. The SMILES string of the molecule is CC[C@H]1C[C@@H](/C=C/c2cnc3cc(Sc4ccccc4)ccc3c2Sc2ccccc2)OC(C)(C)O1. The zero-order chi connectivity index (χ0) is 25.0. The van der Waals surface area contributed by atoms with Crippen LogP contribution in [0.2, 0.25) is 0 Å². The second-order valence-electron chi connectivity index (χ2n) is 9.35. The Balaban J connectivity index is 1.49. The van der Waals surface area contributed by atoms with Gasteiger partial charge in [-0.3, -0.25) is 4.98 Å². The zero-order valence-corrected chi connectivity index (χ0v) is 22.5. The first-order valence-electron chi connectivity index (χ1n) is 12.4. The Labute approximate surface area is 222 Å². The Morgan fingerprint density at radius 3 is 2.28 bits per heavy atom. The number of rotatable bonds is 7.